The van der Waals surface area contributed by atoms with Gasteiger partial charge in [-0.15, -0.1) is 0 Å². The summed E-state index contributed by atoms with van der Waals surface area (Å²) in [5, 5.41) is 2.69. The van der Waals surface area contributed by atoms with Gasteiger partial charge >= 0.3 is 0 Å². The number of hydrogen-bond acceptors (Lipinski definition) is 4. The van der Waals surface area contributed by atoms with E-state index < -0.39 is 9.84 Å². The number of carbonyl (C=O) groups is 2. The highest BCUT2D eigenvalue weighted by Gasteiger charge is 2.34. The van der Waals surface area contributed by atoms with Crippen LogP contribution in [-0.2, 0) is 9.84 Å². The minimum atomic E-state index is -3.77. The van der Waals surface area contributed by atoms with Crippen LogP contribution >= 0.6 is 0 Å². The molecule has 0 saturated heterocycles. The number of rotatable bonds is 2. The molecule has 0 unspecified atom stereocenters. The molecule has 4 rings (SSSR count). The van der Waals surface area contributed by atoms with E-state index in [9.17, 15) is 18.0 Å². The Balaban J connectivity index is 1.76. The van der Waals surface area contributed by atoms with Crippen LogP contribution in [0.15, 0.2) is 82.6 Å². The van der Waals surface area contributed by atoms with Crippen LogP contribution in [-0.4, -0.2) is 20.1 Å². The van der Waals surface area contributed by atoms with Crippen LogP contribution < -0.4 is 5.32 Å². The van der Waals surface area contributed by atoms with E-state index in [1.54, 1.807) is 42.5 Å². The molecule has 0 aliphatic carbocycles. The minimum absolute atomic E-state index is 0.0126. The Morgan fingerprint density at radius 1 is 0.769 bits per heavy atom. The van der Waals surface area contributed by atoms with Gasteiger partial charge in [0.25, 0.3) is 5.91 Å². The zero-order valence-electron chi connectivity index (χ0n) is 13.5. The second-order valence-electron chi connectivity index (χ2n) is 5.86. The van der Waals surface area contributed by atoms with Crippen LogP contribution in [0.2, 0.25) is 0 Å². The fourth-order valence-electron chi connectivity index (χ4n) is 2.96. The summed E-state index contributed by atoms with van der Waals surface area (Å²) in [6, 6.07) is 19.0. The molecule has 1 heterocycles. The number of benzene rings is 3. The summed E-state index contributed by atoms with van der Waals surface area (Å²) in [6.45, 7) is 0. The SMILES string of the molecule is O=C(Nc1ccc2c(c1)C(=O)c1ccccc1S2(=O)=O)c1ccccc1. The lowest BCUT2D eigenvalue weighted by Gasteiger charge is -2.19. The number of nitrogens with one attached hydrogen (secondary N) is 1. The lowest BCUT2D eigenvalue weighted by molar-refractivity contribution is 0.101. The van der Waals surface area contributed by atoms with Crippen LogP contribution in [0.3, 0.4) is 0 Å². The second-order valence-corrected chi connectivity index (χ2v) is 7.75. The molecular formula is C20H13NO4S. The Hall–Kier alpha value is -3.25. The largest absolute Gasteiger partial charge is 0.322 e. The molecule has 1 aliphatic rings. The van der Waals surface area contributed by atoms with Crippen molar-refractivity contribution in [1.29, 1.82) is 0 Å². The number of amides is 1. The zero-order valence-corrected chi connectivity index (χ0v) is 14.3. The number of sulfone groups is 1. The van der Waals surface area contributed by atoms with Gasteiger partial charge in [0.1, 0.15) is 0 Å². The molecule has 0 saturated carbocycles. The molecule has 0 aromatic heterocycles. The Labute approximate surface area is 150 Å². The van der Waals surface area contributed by atoms with E-state index in [1.807, 2.05) is 0 Å². The average Bonchev–Trinajstić information content (AvgIpc) is 2.67. The third-order valence-corrected chi connectivity index (χ3v) is 6.10. The van der Waals surface area contributed by atoms with E-state index >= 15 is 0 Å². The highest BCUT2D eigenvalue weighted by molar-refractivity contribution is 7.91. The van der Waals surface area contributed by atoms with E-state index in [0.717, 1.165) is 0 Å². The van der Waals surface area contributed by atoms with Crippen molar-refractivity contribution in [3.63, 3.8) is 0 Å². The van der Waals surface area contributed by atoms with E-state index in [4.69, 9.17) is 0 Å². The molecule has 0 fully saturated rings. The van der Waals surface area contributed by atoms with Gasteiger partial charge in [-0.25, -0.2) is 8.42 Å². The van der Waals surface area contributed by atoms with Crippen LogP contribution in [0.25, 0.3) is 0 Å². The van der Waals surface area contributed by atoms with Gasteiger partial charge in [-0.2, -0.15) is 0 Å². The first-order chi connectivity index (χ1) is 12.5. The third kappa shape index (κ3) is 2.51. The first-order valence-corrected chi connectivity index (χ1v) is 9.36. The Bertz CT molecular complexity index is 1150. The zero-order chi connectivity index (χ0) is 18.3. The summed E-state index contributed by atoms with van der Waals surface area (Å²) >= 11 is 0. The summed E-state index contributed by atoms with van der Waals surface area (Å²) in [7, 11) is -3.77. The first-order valence-electron chi connectivity index (χ1n) is 7.88. The average molecular weight is 363 g/mol. The van der Waals surface area contributed by atoms with Gasteiger partial charge in [0, 0.05) is 22.4 Å². The van der Waals surface area contributed by atoms with Gasteiger partial charge < -0.3 is 5.32 Å². The lowest BCUT2D eigenvalue weighted by Crippen LogP contribution is -2.21. The molecule has 0 atom stereocenters. The third-order valence-electron chi connectivity index (χ3n) is 4.23. The van der Waals surface area contributed by atoms with Crippen molar-refractivity contribution in [3.05, 3.63) is 89.5 Å². The summed E-state index contributed by atoms with van der Waals surface area (Å²) in [4.78, 5) is 25.0. The van der Waals surface area contributed by atoms with Crippen LogP contribution in [0, 0.1) is 0 Å². The topological polar surface area (TPSA) is 80.3 Å². The fourth-order valence-corrected chi connectivity index (χ4v) is 4.60. The number of ketones is 1. The first kappa shape index (κ1) is 16.2. The standard InChI is InChI=1S/C20H13NO4S/c22-19-15-8-4-5-9-17(15)26(24,25)18-11-10-14(12-16(18)19)21-20(23)13-6-2-1-3-7-13/h1-12H,(H,21,23). The molecule has 3 aromatic rings. The van der Waals surface area contributed by atoms with Crippen LogP contribution in [0.5, 0.6) is 0 Å². The molecular weight excluding hydrogens is 350 g/mol. The summed E-state index contributed by atoms with van der Waals surface area (Å²) in [5.41, 5.74) is 1.04. The van der Waals surface area contributed by atoms with Crippen molar-refractivity contribution in [2.75, 3.05) is 5.32 Å². The molecule has 0 spiro atoms. The summed E-state index contributed by atoms with van der Waals surface area (Å²) in [5.74, 6) is -0.710. The van der Waals surface area contributed by atoms with Crippen molar-refractivity contribution in [1.82, 2.24) is 0 Å². The number of hydrogen-bond donors (Lipinski definition) is 1. The second kappa shape index (κ2) is 5.93. The van der Waals surface area contributed by atoms with Crippen molar-refractivity contribution < 1.29 is 18.0 Å². The van der Waals surface area contributed by atoms with Gasteiger partial charge in [-0.05, 0) is 42.5 Å². The van der Waals surface area contributed by atoms with Crippen molar-refractivity contribution in [2.45, 2.75) is 9.79 Å². The van der Waals surface area contributed by atoms with Gasteiger partial charge in [0.15, 0.2) is 5.78 Å². The molecule has 128 valence electrons. The van der Waals surface area contributed by atoms with E-state index in [1.165, 1.54) is 30.3 Å². The summed E-state index contributed by atoms with van der Waals surface area (Å²) in [6.07, 6.45) is 0. The highest BCUT2D eigenvalue weighted by Crippen LogP contribution is 2.35. The number of carbonyl (C=O) groups excluding carboxylic acids is 2. The number of fused-ring (bicyclic) bond motifs is 2. The Kier molecular flexibility index (Phi) is 3.70. The molecule has 26 heavy (non-hydrogen) atoms. The smallest absolute Gasteiger partial charge is 0.255 e. The van der Waals surface area contributed by atoms with Gasteiger partial charge in [-0.1, -0.05) is 30.3 Å². The molecule has 5 nitrogen and oxygen atoms in total. The highest BCUT2D eigenvalue weighted by atomic mass is 32.2. The molecule has 6 heteroatoms. The normalized spacial score (nSPS) is 14.2. The molecule has 3 aromatic carbocycles. The Morgan fingerprint density at radius 2 is 1.42 bits per heavy atom. The minimum Gasteiger partial charge on any atom is -0.322 e. The monoisotopic (exact) mass is 363 g/mol. The van der Waals surface area contributed by atoms with E-state index in [2.05, 4.69) is 5.32 Å². The van der Waals surface area contributed by atoms with Crippen LogP contribution in [0.4, 0.5) is 5.69 Å². The van der Waals surface area contributed by atoms with Crippen molar-refractivity contribution >= 4 is 27.2 Å². The fraction of sp³-hybridized carbons (Fsp3) is 0. The molecule has 1 aliphatic heterocycles. The van der Waals surface area contributed by atoms with Crippen LogP contribution in [0.1, 0.15) is 26.3 Å². The predicted molar refractivity (Wildman–Crippen MR) is 96.2 cm³/mol. The van der Waals surface area contributed by atoms with Gasteiger partial charge in [0.05, 0.1) is 9.79 Å². The maximum atomic E-state index is 12.8. The predicted octanol–water partition coefficient (Wildman–Crippen LogP) is 3.32. The maximum Gasteiger partial charge on any atom is 0.255 e. The summed E-state index contributed by atoms with van der Waals surface area (Å²) < 4.78 is 25.5. The van der Waals surface area contributed by atoms with Crippen molar-refractivity contribution in [3.8, 4) is 0 Å². The van der Waals surface area contributed by atoms with Gasteiger partial charge in [0.2, 0.25) is 9.84 Å². The molecule has 0 bridgehead atoms. The molecule has 1 amide bonds. The lowest BCUT2D eigenvalue weighted by atomic mass is 10.0. The van der Waals surface area contributed by atoms with E-state index in [-0.39, 0.29) is 32.6 Å². The molecule has 0 radical (unpaired) electrons. The quantitative estimate of drug-likeness (QED) is 0.592. The van der Waals surface area contributed by atoms with Gasteiger partial charge in [-0.3, -0.25) is 9.59 Å². The number of anilines is 1. The molecule has 1 N–H and O–H groups in total. The maximum absolute atomic E-state index is 12.8. The van der Waals surface area contributed by atoms with Crippen molar-refractivity contribution in [2.24, 2.45) is 0 Å². The Morgan fingerprint density at radius 3 is 2.19 bits per heavy atom. The van der Waals surface area contributed by atoms with E-state index in [0.29, 0.717) is 11.3 Å².